The fourth-order valence-corrected chi connectivity index (χ4v) is 2.77. The van der Waals surface area contributed by atoms with Gasteiger partial charge in [0.1, 0.15) is 5.82 Å². The summed E-state index contributed by atoms with van der Waals surface area (Å²) in [6.07, 6.45) is 5.95. The van der Waals surface area contributed by atoms with Crippen LogP contribution in [-0.2, 0) is 18.7 Å². The second-order valence-electron chi connectivity index (χ2n) is 4.42. The molecule has 15 heavy (non-hydrogen) atoms. The van der Waals surface area contributed by atoms with Crippen molar-refractivity contribution in [1.82, 2.24) is 9.55 Å². The van der Waals surface area contributed by atoms with Crippen LogP contribution in [0.1, 0.15) is 56.4 Å². The third-order valence-corrected chi connectivity index (χ3v) is 3.50. The first-order valence-electron chi connectivity index (χ1n) is 5.92. The van der Waals surface area contributed by atoms with Crippen molar-refractivity contribution >= 4 is 11.6 Å². The molecule has 0 N–H and O–H groups in total. The number of hydrogen-bond acceptors (Lipinski definition) is 1. The normalized spacial score (nSPS) is 20.3. The van der Waals surface area contributed by atoms with Gasteiger partial charge in [0, 0.05) is 18.2 Å². The summed E-state index contributed by atoms with van der Waals surface area (Å²) in [5.74, 6) is 1.81. The Labute approximate surface area is 96.7 Å². The smallest absolute Gasteiger partial charge is 0.109 e. The molecule has 2 nitrogen and oxygen atoms in total. The lowest BCUT2D eigenvalue weighted by atomic mass is 10.0. The summed E-state index contributed by atoms with van der Waals surface area (Å²) in [6.45, 7) is 4.50. The average Bonchev–Trinajstić information content (AvgIpc) is 2.59. The third-order valence-electron chi connectivity index (χ3n) is 3.24. The second-order valence-corrected chi connectivity index (χ2v) is 4.68. The van der Waals surface area contributed by atoms with E-state index < -0.39 is 0 Å². The lowest BCUT2D eigenvalue weighted by molar-refractivity contribution is 0.417. The van der Waals surface area contributed by atoms with Crippen molar-refractivity contribution in [3.05, 3.63) is 17.2 Å². The number of imidazole rings is 1. The zero-order valence-electron chi connectivity index (χ0n) is 9.59. The molecule has 3 heteroatoms. The van der Waals surface area contributed by atoms with Gasteiger partial charge in [-0.1, -0.05) is 6.92 Å². The van der Waals surface area contributed by atoms with Crippen LogP contribution in [0.3, 0.4) is 0 Å². The van der Waals surface area contributed by atoms with Gasteiger partial charge in [-0.15, -0.1) is 11.6 Å². The molecular weight excluding hydrogens is 208 g/mol. The van der Waals surface area contributed by atoms with Crippen molar-refractivity contribution in [2.24, 2.45) is 0 Å². The van der Waals surface area contributed by atoms with Crippen molar-refractivity contribution in [2.75, 3.05) is 0 Å². The molecule has 0 saturated heterocycles. The van der Waals surface area contributed by atoms with E-state index in [1.54, 1.807) is 0 Å². The van der Waals surface area contributed by atoms with Gasteiger partial charge in [-0.3, -0.25) is 0 Å². The molecule has 1 aromatic rings. The fourth-order valence-electron chi connectivity index (χ4n) is 2.56. The van der Waals surface area contributed by atoms with Crippen molar-refractivity contribution in [3.8, 4) is 0 Å². The van der Waals surface area contributed by atoms with E-state index in [0.29, 0.717) is 11.9 Å². The minimum atomic E-state index is 0.561. The lowest BCUT2D eigenvalue weighted by Gasteiger charge is -2.24. The van der Waals surface area contributed by atoms with Gasteiger partial charge < -0.3 is 4.57 Å². The SMILES string of the molecule is CCCc1nc(CCl)c2n1C(C)CCC2. The summed E-state index contributed by atoms with van der Waals surface area (Å²) in [5, 5.41) is 0. The second kappa shape index (κ2) is 4.56. The number of aryl methyl sites for hydroxylation is 1. The predicted octanol–water partition coefficient (Wildman–Crippen LogP) is 3.47. The topological polar surface area (TPSA) is 17.8 Å². The Hall–Kier alpha value is -0.500. The molecule has 0 fully saturated rings. The van der Waals surface area contributed by atoms with Gasteiger partial charge in [0.05, 0.1) is 11.6 Å². The molecule has 2 heterocycles. The van der Waals surface area contributed by atoms with Crippen LogP contribution in [0.25, 0.3) is 0 Å². The van der Waals surface area contributed by atoms with Gasteiger partial charge >= 0.3 is 0 Å². The maximum Gasteiger partial charge on any atom is 0.109 e. The fraction of sp³-hybridized carbons (Fsp3) is 0.750. The molecule has 0 saturated carbocycles. The van der Waals surface area contributed by atoms with E-state index in [-0.39, 0.29) is 0 Å². The standard InChI is InChI=1S/C12H19ClN2/c1-3-5-12-14-10(8-13)11-7-4-6-9(2)15(11)12/h9H,3-8H2,1-2H3. The quantitative estimate of drug-likeness (QED) is 0.722. The van der Waals surface area contributed by atoms with E-state index in [4.69, 9.17) is 11.6 Å². The number of nitrogens with zero attached hydrogens (tertiary/aromatic N) is 2. The first kappa shape index (κ1) is 11.0. The number of aromatic nitrogens is 2. The molecule has 84 valence electrons. The van der Waals surface area contributed by atoms with Crippen LogP contribution >= 0.6 is 11.6 Å². The minimum absolute atomic E-state index is 0.561. The molecule has 0 amide bonds. The molecule has 1 aliphatic rings. The molecule has 1 unspecified atom stereocenters. The van der Waals surface area contributed by atoms with Crippen LogP contribution in [0.2, 0.25) is 0 Å². The largest absolute Gasteiger partial charge is 0.329 e. The van der Waals surface area contributed by atoms with Gasteiger partial charge in [-0.05, 0) is 32.6 Å². The zero-order chi connectivity index (χ0) is 10.8. The van der Waals surface area contributed by atoms with Gasteiger partial charge in [-0.2, -0.15) is 0 Å². The molecule has 1 atom stereocenters. The van der Waals surface area contributed by atoms with E-state index in [0.717, 1.165) is 25.0 Å². The first-order chi connectivity index (χ1) is 7.27. The van der Waals surface area contributed by atoms with Crippen LogP contribution in [-0.4, -0.2) is 9.55 Å². The lowest BCUT2D eigenvalue weighted by Crippen LogP contribution is -2.17. The number of halogens is 1. The molecule has 2 rings (SSSR count). The summed E-state index contributed by atoms with van der Waals surface area (Å²) >= 11 is 5.95. The van der Waals surface area contributed by atoms with Crippen molar-refractivity contribution < 1.29 is 0 Å². The highest BCUT2D eigenvalue weighted by atomic mass is 35.5. The van der Waals surface area contributed by atoms with E-state index in [1.807, 2.05) is 0 Å². The molecule has 1 aromatic heterocycles. The average molecular weight is 227 g/mol. The van der Waals surface area contributed by atoms with Crippen LogP contribution in [0.5, 0.6) is 0 Å². The molecule has 0 aromatic carbocycles. The van der Waals surface area contributed by atoms with E-state index in [1.165, 1.54) is 24.4 Å². The summed E-state index contributed by atoms with van der Waals surface area (Å²) in [5.41, 5.74) is 2.51. The van der Waals surface area contributed by atoms with Crippen molar-refractivity contribution in [2.45, 2.75) is 57.9 Å². The highest BCUT2D eigenvalue weighted by Crippen LogP contribution is 2.29. The number of rotatable bonds is 3. The third kappa shape index (κ3) is 1.92. The molecule has 0 spiro atoms. The Morgan fingerprint density at radius 1 is 1.53 bits per heavy atom. The van der Waals surface area contributed by atoms with E-state index in [2.05, 4.69) is 23.4 Å². The highest BCUT2D eigenvalue weighted by Gasteiger charge is 2.23. The Bertz CT molecular complexity index is 344. The Morgan fingerprint density at radius 2 is 2.33 bits per heavy atom. The summed E-state index contributed by atoms with van der Waals surface area (Å²) in [7, 11) is 0. The van der Waals surface area contributed by atoms with E-state index >= 15 is 0 Å². The van der Waals surface area contributed by atoms with Gasteiger partial charge in [0.25, 0.3) is 0 Å². The summed E-state index contributed by atoms with van der Waals surface area (Å²) < 4.78 is 2.44. The molecule has 0 bridgehead atoms. The first-order valence-corrected chi connectivity index (χ1v) is 6.46. The Kier molecular flexibility index (Phi) is 3.35. The van der Waals surface area contributed by atoms with Crippen LogP contribution < -0.4 is 0 Å². The number of hydrogen-bond donors (Lipinski definition) is 0. The number of fused-ring (bicyclic) bond motifs is 1. The Balaban J connectivity index is 2.43. The molecular formula is C12H19ClN2. The van der Waals surface area contributed by atoms with Gasteiger partial charge in [0.2, 0.25) is 0 Å². The maximum atomic E-state index is 5.95. The predicted molar refractivity (Wildman–Crippen MR) is 63.4 cm³/mol. The Morgan fingerprint density at radius 3 is 3.00 bits per heavy atom. The van der Waals surface area contributed by atoms with Crippen molar-refractivity contribution in [3.63, 3.8) is 0 Å². The van der Waals surface area contributed by atoms with Crippen LogP contribution in [0.4, 0.5) is 0 Å². The zero-order valence-corrected chi connectivity index (χ0v) is 10.3. The van der Waals surface area contributed by atoms with Gasteiger partial charge in [0.15, 0.2) is 0 Å². The number of alkyl halides is 1. The van der Waals surface area contributed by atoms with Crippen molar-refractivity contribution in [1.29, 1.82) is 0 Å². The van der Waals surface area contributed by atoms with Crippen LogP contribution in [0, 0.1) is 0 Å². The molecule has 0 aliphatic carbocycles. The van der Waals surface area contributed by atoms with Gasteiger partial charge in [-0.25, -0.2) is 4.98 Å². The summed E-state index contributed by atoms with van der Waals surface area (Å²) in [4.78, 5) is 4.68. The van der Waals surface area contributed by atoms with E-state index in [9.17, 15) is 0 Å². The van der Waals surface area contributed by atoms with Crippen LogP contribution in [0.15, 0.2) is 0 Å². The summed E-state index contributed by atoms with van der Waals surface area (Å²) in [6, 6.07) is 0.611. The monoisotopic (exact) mass is 226 g/mol. The molecule has 1 aliphatic heterocycles. The highest BCUT2D eigenvalue weighted by molar-refractivity contribution is 6.17. The minimum Gasteiger partial charge on any atom is -0.329 e. The maximum absolute atomic E-state index is 5.95. The molecule has 0 radical (unpaired) electrons.